The summed E-state index contributed by atoms with van der Waals surface area (Å²) in [5.41, 5.74) is -0.593. The van der Waals surface area contributed by atoms with Gasteiger partial charge in [-0.15, -0.1) is 6.58 Å². The van der Waals surface area contributed by atoms with Crippen LogP contribution in [0.2, 0.25) is 0 Å². The SMILES string of the molecule is C=CCNC(=O)NC(=O)COc1ccc(S(=O)(=O)N2CCCC2)cc1[N+](=O)[O-]. The molecule has 0 spiro atoms. The Hall–Kier alpha value is -2.99. The van der Waals surface area contributed by atoms with Gasteiger partial charge in [-0.25, -0.2) is 13.2 Å². The fourth-order valence-corrected chi connectivity index (χ4v) is 4.05. The van der Waals surface area contributed by atoms with E-state index < -0.39 is 39.2 Å². The first-order valence-electron chi connectivity index (χ1n) is 8.35. The Bertz CT molecular complexity index is 879. The fourth-order valence-electron chi connectivity index (χ4n) is 2.51. The van der Waals surface area contributed by atoms with Crippen LogP contribution in [-0.2, 0) is 14.8 Å². The summed E-state index contributed by atoms with van der Waals surface area (Å²) >= 11 is 0. The largest absolute Gasteiger partial charge is 0.477 e. The molecular weight excluding hydrogens is 392 g/mol. The zero-order chi connectivity index (χ0) is 20.7. The van der Waals surface area contributed by atoms with Crippen molar-refractivity contribution >= 4 is 27.6 Å². The lowest BCUT2D eigenvalue weighted by Gasteiger charge is -2.15. The predicted octanol–water partition coefficient (Wildman–Crippen LogP) is 0.770. The average Bonchev–Trinajstić information content (AvgIpc) is 3.20. The minimum absolute atomic E-state index is 0.151. The van der Waals surface area contributed by atoms with Gasteiger partial charge in [-0.1, -0.05) is 6.08 Å². The molecule has 0 bridgehead atoms. The van der Waals surface area contributed by atoms with Gasteiger partial charge in [-0.2, -0.15) is 4.31 Å². The maximum absolute atomic E-state index is 12.5. The molecule has 3 amide bonds. The normalized spacial score (nSPS) is 14.3. The third kappa shape index (κ3) is 5.27. The van der Waals surface area contributed by atoms with Crippen molar-refractivity contribution in [2.75, 3.05) is 26.2 Å². The Morgan fingerprint density at radius 1 is 1.32 bits per heavy atom. The zero-order valence-electron chi connectivity index (χ0n) is 14.9. The summed E-state index contributed by atoms with van der Waals surface area (Å²) in [5.74, 6) is -1.11. The van der Waals surface area contributed by atoms with Gasteiger partial charge in [0.25, 0.3) is 5.91 Å². The van der Waals surface area contributed by atoms with Crippen molar-refractivity contribution in [3.63, 3.8) is 0 Å². The Kier molecular flexibility index (Phi) is 7.06. The van der Waals surface area contributed by atoms with Gasteiger partial charge in [-0.05, 0) is 25.0 Å². The van der Waals surface area contributed by atoms with Gasteiger partial charge < -0.3 is 10.1 Å². The van der Waals surface area contributed by atoms with E-state index in [2.05, 4.69) is 11.9 Å². The number of sulfonamides is 1. The van der Waals surface area contributed by atoms with Crippen molar-refractivity contribution in [2.24, 2.45) is 0 Å². The molecule has 0 radical (unpaired) electrons. The molecule has 0 aliphatic carbocycles. The van der Waals surface area contributed by atoms with Crippen molar-refractivity contribution in [3.8, 4) is 5.75 Å². The van der Waals surface area contributed by atoms with Crippen LogP contribution >= 0.6 is 0 Å². The van der Waals surface area contributed by atoms with E-state index in [0.717, 1.165) is 25.0 Å². The second kappa shape index (κ2) is 9.28. The molecule has 2 rings (SSSR count). The molecule has 28 heavy (non-hydrogen) atoms. The van der Waals surface area contributed by atoms with Gasteiger partial charge in [0.15, 0.2) is 12.4 Å². The molecule has 2 N–H and O–H groups in total. The highest BCUT2D eigenvalue weighted by atomic mass is 32.2. The van der Waals surface area contributed by atoms with Crippen LogP contribution < -0.4 is 15.4 Å². The molecular formula is C16H20N4O7S. The molecule has 1 aromatic rings. The number of ether oxygens (including phenoxy) is 1. The Morgan fingerprint density at radius 2 is 2.00 bits per heavy atom. The van der Waals surface area contributed by atoms with Crippen molar-refractivity contribution < 1.29 is 27.7 Å². The van der Waals surface area contributed by atoms with E-state index in [9.17, 15) is 28.1 Å². The van der Waals surface area contributed by atoms with E-state index in [0.29, 0.717) is 13.1 Å². The smallest absolute Gasteiger partial charge is 0.321 e. The van der Waals surface area contributed by atoms with Gasteiger partial charge in [0.05, 0.1) is 9.82 Å². The van der Waals surface area contributed by atoms with Crippen LogP contribution in [0.15, 0.2) is 35.7 Å². The molecule has 0 atom stereocenters. The topological polar surface area (TPSA) is 148 Å². The molecule has 0 aromatic heterocycles. The van der Waals surface area contributed by atoms with Crippen LogP contribution in [0.1, 0.15) is 12.8 Å². The highest BCUT2D eigenvalue weighted by Crippen LogP contribution is 2.31. The van der Waals surface area contributed by atoms with E-state index in [1.165, 1.54) is 16.4 Å². The number of nitro groups is 1. The summed E-state index contributed by atoms with van der Waals surface area (Å²) in [7, 11) is -3.83. The first-order valence-corrected chi connectivity index (χ1v) is 9.79. The standard InChI is InChI=1S/C16H20N4O7S/c1-2-7-17-16(22)18-15(21)11-27-14-6-5-12(10-13(14)20(23)24)28(25,26)19-8-3-4-9-19/h2,5-6,10H,1,3-4,7-9,11H2,(H2,17,18,21,22). The van der Waals surface area contributed by atoms with Gasteiger partial charge in [-0.3, -0.25) is 20.2 Å². The molecule has 1 aliphatic heterocycles. The zero-order valence-corrected chi connectivity index (χ0v) is 15.7. The third-order valence-electron chi connectivity index (χ3n) is 3.85. The number of carbonyl (C=O) groups excluding carboxylic acids is 2. The van der Waals surface area contributed by atoms with E-state index in [1.807, 2.05) is 5.32 Å². The molecule has 1 aromatic carbocycles. The van der Waals surface area contributed by atoms with Gasteiger partial charge in [0.2, 0.25) is 10.0 Å². The number of nitrogens with one attached hydrogen (secondary N) is 2. The van der Waals surface area contributed by atoms with Crippen LogP contribution in [0.5, 0.6) is 5.75 Å². The van der Waals surface area contributed by atoms with E-state index >= 15 is 0 Å². The van der Waals surface area contributed by atoms with E-state index in [1.54, 1.807) is 0 Å². The number of hydrogen-bond donors (Lipinski definition) is 2. The molecule has 1 heterocycles. The maximum Gasteiger partial charge on any atom is 0.321 e. The van der Waals surface area contributed by atoms with Crippen LogP contribution in [0.25, 0.3) is 0 Å². The molecule has 12 heteroatoms. The number of imide groups is 1. The van der Waals surface area contributed by atoms with Crippen LogP contribution in [-0.4, -0.2) is 55.8 Å². The predicted molar refractivity (Wildman–Crippen MR) is 98.3 cm³/mol. The number of benzene rings is 1. The van der Waals surface area contributed by atoms with Crippen molar-refractivity contribution in [1.82, 2.24) is 14.9 Å². The highest BCUT2D eigenvalue weighted by Gasteiger charge is 2.30. The van der Waals surface area contributed by atoms with Gasteiger partial charge in [0, 0.05) is 25.7 Å². The lowest BCUT2D eigenvalue weighted by Crippen LogP contribution is -2.41. The van der Waals surface area contributed by atoms with E-state index in [4.69, 9.17) is 4.74 Å². The molecule has 1 fully saturated rings. The highest BCUT2D eigenvalue weighted by molar-refractivity contribution is 7.89. The Balaban J connectivity index is 2.11. The number of rotatable bonds is 8. The second-order valence-electron chi connectivity index (χ2n) is 5.83. The van der Waals surface area contributed by atoms with Crippen LogP contribution in [0.4, 0.5) is 10.5 Å². The van der Waals surface area contributed by atoms with E-state index in [-0.39, 0.29) is 17.2 Å². The summed E-state index contributed by atoms with van der Waals surface area (Å²) in [5, 5.41) is 15.6. The third-order valence-corrected chi connectivity index (χ3v) is 5.74. The van der Waals surface area contributed by atoms with Gasteiger partial charge in [0.1, 0.15) is 0 Å². The summed E-state index contributed by atoms with van der Waals surface area (Å²) in [6.45, 7) is 3.61. The number of urea groups is 1. The molecule has 0 saturated carbocycles. The summed E-state index contributed by atoms with van der Waals surface area (Å²) in [6, 6.07) is 2.43. The Labute approximate surface area is 161 Å². The molecule has 0 unspecified atom stereocenters. The summed E-state index contributed by atoms with van der Waals surface area (Å²) < 4.78 is 31.4. The van der Waals surface area contributed by atoms with Crippen molar-refractivity contribution in [2.45, 2.75) is 17.7 Å². The number of nitrogens with zero attached hydrogens (tertiary/aromatic N) is 2. The first kappa shape index (κ1) is 21.3. The monoisotopic (exact) mass is 412 g/mol. The van der Waals surface area contributed by atoms with Crippen LogP contribution in [0, 0.1) is 10.1 Å². The number of nitro benzene ring substituents is 1. The molecule has 1 saturated heterocycles. The summed E-state index contributed by atoms with van der Waals surface area (Å²) in [6.07, 6.45) is 2.89. The number of hydrogen-bond acceptors (Lipinski definition) is 7. The first-order chi connectivity index (χ1) is 13.3. The maximum atomic E-state index is 12.5. The summed E-state index contributed by atoms with van der Waals surface area (Å²) in [4.78, 5) is 33.3. The molecule has 152 valence electrons. The van der Waals surface area contributed by atoms with Crippen molar-refractivity contribution in [3.05, 3.63) is 41.0 Å². The minimum Gasteiger partial charge on any atom is -0.477 e. The van der Waals surface area contributed by atoms with Crippen molar-refractivity contribution in [1.29, 1.82) is 0 Å². The van der Waals surface area contributed by atoms with Crippen LogP contribution in [0.3, 0.4) is 0 Å². The Morgan fingerprint density at radius 3 is 2.61 bits per heavy atom. The lowest BCUT2D eigenvalue weighted by atomic mass is 10.3. The number of amides is 3. The van der Waals surface area contributed by atoms with Gasteiger partial charge >= 0.3 is 11.7 Å². The minimum atomic E-state index is -3.83. The lowest BCUT2D eigenvalue weighted by molar-refractivity contribution is -0.386. The average molecular weight is 412 g/mol. The second-order valence-corrected chi connectivity index (χ2v) is 7.77. The molecule has 11 nitrogen and oxygen atoms in total. The number of carbonyl (C=O) groups is 2. The molecule has 1 aliphatic rings. The fraction of sp³-hybridized carbons (Fsp3) is 0.375. The quantitative estimate of drug-likeness (QED) is 0.364.